The van der Waals surface area contributed by atoms with Gasteiger partial charge in [0.1, 0.15) is 5.78 Å². The zero-order valence-corrected chi connectivity index (χ0v) is 12.6. The summed E-state index contributed by atoms with van der Waals surface area (Å²) >= 11 is 0. The molecule has 19 heavy (non-hydrogen) atoms. The summed E-state index contributed by atoms with van der Waals surface area (Å²) in [5.74, 6) is 0.284. The molecule has 0 radical (unpaired) electrons. The van der Waals surface area contributed by atoms with Crippen LogP contribution in [0.2, 0.25) is 0 Å². The number of rotatable bonds is 3. The second kappa shape index (κ2) is 4.75. The summed E-state index contributed by atoms with van der Waals surface area (Å²) in [7, 11) is 0. The van der Waals surface area contributed by atoms with Crippen LogP contribution in [0.15, 0.2) is 24.3 Å². The Bertz CT molecular complexity index is 486. The lowest BCUT2D eigenvalue weighted by Crippen LogP contribution is -2.34. The molecule has 1 saturated heterocycles. The van der Waals surface area contributed by atoms with Gasteiger partial charge in [-0.3, -0.25) is 4.79 Å². The van der Waals surface area contributed by atoms with Crippen LogP contribution in [0.25, 0.3) is 0 Å². The molecular formula is C17H24O2. The summed E-state index contributed by atoms with van der Waals surface area (Å²) in [6.07, 6.45) is 1.32. The zero-order valence-electron chi connectivity index (χ0n) is 12.6. The van der Waals surface area contributed by atoms with Crippen LogP contribution in [0.5, 0.6) is 0 Å². The van der Waals surface area contributed by atoms with Crippen molar-refractivity contribution in [2.75, 3.05) is 0 Å². The van der Waals surface area contributed by atoms with E-state index in [2.05, 4.69) is 26.8 Å². The topological polar surface area (TPSA) is 26.3 Å². The number of ketones is 1. The average Bonchev–Trinajstić information content (AvgIpc) is 2.50. The highest BCUT2D eigenvalue weighted by atomic mass is 16.5. The summed E-state index contributed by atoms with van der Waals surface area (Å²) in [5, 5.41) is 0. The molecule has 104 valence electrons. The zero-order chi connectivity index (χ0) is 14.3. The van der Waals surface area contributed by atoms with E-state index >= 15 is 0 Å². The molecule has 1 fully saturated rings. The predicted molar refractivity (Wildman–Crippen MR) is 77.2 cm³/mol. The van der Waals surface area contributed by atoms with Crippen LogP contribution >= 0.6 is 0 Å². The van der Waals surface area contributed by atoms with E-state index in [9.17, 15) is 4.79 Å². The van der Waals surface area contributed by atoms with Gasteiger partial charge in [0.25, 0.3) is 0 Å². The van der Waals surface area contributed by atoms with E-state index in [0.29, 0.717) is 12.2 Å². The maximum atomic E-state index is 12.6. The first-order valence-electron chi connectivity index (χ1n) is 6.99. The standard InChI is InChI=1S/C17H24O2/c1-12-8-6-7-9-13(12)10-15(18)14-11-16(2,3)19-17(14,4)5/h6-9,14H,10-11H2,1-5H3. The fourth-order valence-electron chi connectivity index (χ4n) is 3.18. The van der Waals surface area contributed by atoms with Crippen LogP contribution in [0.3, 0.4) is 0 Å². The van der Waals surface area contributed by atoms with Crippen LogP contribution in [-0.4, -0.2) is 17.0 Å². The van der Waals surface area contributed by atoms with Crippen LogP contribution in [-0.2, 0) is 16.0 Å². The molecule has 0 saturated carbocycles. The van der Waals surface area contributed by atoms with Crippen molar-refractivity contribution >= 4 is 5.78 Å². The highest BCUT2D eigenvalue weighted by molar-refractivity contribution is 5.85. The van der Waals surface area contributed by atoms with Gasteiger partial charge in [0.15, 0.2) is 0 Å². The van der Waals surface area contributed by atoms with Crippen LogP contribution in [0.1, 0.15) is 45.2 Å². The number of hydrogen-bond donors (Lipinski definition) is 0. The summed E-state index contributed by atoms with van der Waals surface area (Å²) in [5.41, 5.74) is 1.76. The van der Waals surface area contributed by atoms with E-state index in [1.165, 1.54) is 5.56 Å². The van der Waals surface area contributed by atoms with Gasteiger partial charge in [-0.15, -0.1) is 0 Å². The molecule has 0 amide bonds. The molecule has 1 aromatic rings. The smallest absolute Gasteiger partial charge is 0.143 e. The fraction of sp³-hybridized carbons (Fsp3) is 0.588. The number of ether oxygens (including phenoxy) is 1. The van der Waals surface area contributed by atoms with Crippen molar-refractivity contribution in [1.82, 2.24) is 0 Å². The van der Waals surface area contributed by atoms with Crippen molar-refractivity contribution in [2.45, 2.75) is 58.7 Å². The van der Waals surface area contributed by atoms with Gasteiger partial charge in [-0.25, -0.2) is 0 Å². The molecule has 1 aliphatic rings. The summed E-state index contributed by atoms with van der Waals surface area (Å²) < 4.78 is 6.02. The Balaban J connectivity index is 2.15. The minimum Gasteiger partial charge on any atom is -0.369 e. The Hall–Kier alpha value is -1.15. The van der Waals surface area contributed by atoms with Crippen molar-refractivity contribution in [2.24, 2.45) is 5.92 Å². The van der Waals surface area contributed by atoms with Gasteiger partial charge in [0, 0.05) is 12.3 Å². The summed E-state index contributed by atoms with van der Waals surface area (Å²) in [6.45, 7) is 10.2. The normalized spacial score (nSPS) is 24.4. The molecule has 1 unspecified atom stereocenters. The van der Waals surface area contributed by atoms with E-state index in [4.69, 9.17) is 4.74 Å². The van der Waals surface area contributed by atoms with Gasteiger partial charge in [0.05, 0.1) is 11.2 Å². The number of carbonyl (C=O) groups is 1. The van der Waals surface area contributed by atoms with Gasteiger partial charge < -0.3 is 4.74 Å². The van der Waals surface area contributed by atoms with E-state index in [-0.39, 0.29) is 17.1 Å². The summed E-state index contributed by atoms with van der Waals surface area (Å²) in [6, 6.07) is 8.11. The monoisotopic (exact) mass is 260 g/mol. The van der Waals surface area contributed by atoms with Crippen molar-refractivity contribution in [3.05, 3.63) is 35.4 Å². The minimum atomic E-state index is -0.358. The number of benzene rings is 1. The second-order valence-corrected chi connectivity index (χ2v) is 6.79. The van der Waals surface area contributed by atoms with Gasteiger partial charge in [-0.1, -0.05) is 24.3 Å². The molecule has 1 aliphatic heterocycles. The van der Waals surface area contributed by atoms with Gasteiger partial charge in [-0.05, 0) is 52.2 Å². The minimum absolute atomic E-state index is 0.0119. The van der Waals surface area contributed by atoms with E-state index in [0.717, 1.165) is 12.0 Å². The first-order valence-corrected chi connectivity index (χ1v) is 6.99. The molecule has 2 nitrogen and oxygen atoms in total. The van der Waals surface area contributed by atoms with E-state index in [1.54, 1.807) is 0 Å². The van der Waals surface area contributed by atoms with Gasteiger partial charge >= 0.3 is 0 Å². The molecule has 0 N–H and O–H groups in total. The first kappa shape index (κ1) is 14.3. The van der Waals surface area contributed by atoms with Crippen molar-refractivity contribution < 1.29 is 9.53 Å². The van der Waals surface area contributed by atoms with Crippen molar-refractivity contribution in [3.8, 4) is 0 Å². The molecule has 2 heteroatoms. The Morgan fingerprint density at radius 3 is 2.42 bits per heavy atom. The molecule has 0 aromatic heterocycles. The number of Topliss-reactive ketones (excluding diaryl/α,β-unsaturated/α-hetero) is 1. The van der Waals surface area contributed by atoms with Crippen LogP contribution < -0.4 is 0 Å². The lowest BCUT2D eigenvalue weighted by Gasteiger charge is -2.26. The number of aryl methyl sites for hydroxylation is 1. The number of carbonyl (C=O) groups excluding carboxylic acids is 1. The average molecular weight is 260 g/mol. The van der Waals surface area contributed by atoms with Gasteiger partial charge in [-0.2, -0.15) is 0 Å². The molecule has 0 aliphatic carbocycles. The third-order valence-electron chi connectivity index (χ3n) is 4.09. The SMILES string of the molecule is Cc1ccccc1CC(=O)C1CC(C)(C)OC1(C)C. The second-order valence-electron chi connectivity index (χ2n) is 6.79. The molecule has 0 spiro atoms. The number of hydrogen-bond acceptors (Lipinski definition) is 2. The molecule has 1 aromatic carbocycles. The van der Waals surface area contributed by atoms with E-state index < -0.39 is 0 Å². The Morgan fingerprint density at radius 2 is 1.89 bits per heavy atom. The predicted octanol–water partition coefficient (Wildman–Crippen LogP) is 3.70. The molecule has 0 bridgehead atoms. The quantitative estimate of drug-likeness (QED) is 0.828. The highest BCUT2D eigenvalue weighted by Crippen LogP contribution is 2.42. The van der Waals surface area contributed by atoms with Gasteiger partial charge in [0.2, 0.25) is 0 Å². The Morgan fingerprint density at radius 1 is 1.26 bits per heavy atom. The maximum absolute atomic E-state index is 12.6. The van der Waals surface area contributed by atoms with Crippen molar-refractivity contribution in [3.63, 3.8) is 0 Å². The fourth-order valence-corrected chi connectivity index (χ4v) is 3.18. The third kappa shape index (κ3) is 3.06. The Labute approximate surface area is 116 Å². The molecule has 1 atom stereocenters. The third-order valence-corrected chi connectivity index (χ3v) is 4.09. The first-order chi connectivity index (χ1) is 8.71. The molecular weight excluding hydrogens is 236 g/mol. The lowest BCUT2D eigenvalue weighted by molar-refractivity contribution is -0.128. The molecule has 1 heterocycles. The maximum Gasteiger partial charge on any atom is 0.143 e. The largest absolute Gasteiger partial charge is 0.369 e. The lowest BCUT2D eigenvalue weighted by atomic mass is 9.82. The van der Waals surface area contributed by atoms with E-state index in [1.807, 2.05) is 32.0 Å². The van der Waals surface area contributed by atoms with Crippen LogP contribution in [0.4, 0.5) is 0 Å². The summed E-state index contributed by atoms with van der Waals surface area (Å²) in [4.78, 5) is 12.6. The molecule has 2 rings (SSSR count). The van der Waals surface area contributed by atoms with Crippen LogP contribution in [0, 0.1) is 12.8 Å². The highest BCUT2D eigenvalue weighted by Gasteiger charge is 2.48. The van der Waals surface area contributed by atoms with Crippen molar-refractivity contribution in [1.29, 1.82) is 0 Å². The Kier molecular flexibility index (Phi) is 3.57.